The lowest BCUT2D eigenvalue weighted by atomic mass is 10.2. The summed E-state index contributed by atoms with van der Waals surface area (Å²) in [6.45, 7) is 0.0600. The van der Waals surface area contributed by atoms with E-state index in [-0.39, 0.29) is 6.61 Å². The molecule has 0 unspecified atom stereocenters. The lowest BCUT2D eigenvalue weighted by molar-refractivity contribution is -0.131. The Labute approximate surface area is 155 Å². The number of hydrogen-bond donors (Lipinski definition) is 2. The maximum Gasteiger partial charge on any atom is 0.283 e. The Bertz CT molecular complexity index is 827. The van der Waals surface area contributed by atoms with E-state index in [0.29, 0.717) is 22.8 Å². The molecule has 0 bridgehead atoms. The number of hydrazine groups is 1. The maximum absolute atomic E-state index is 12.3. The van der Waals surface area contributed by atoms with Crippen molar-refractivity contribution in [2.75, 3.05) is 20.0 Å². The molecule has 26 heavy (non-hydrogen) atoms. The summed E-state index contributed by atoms with van der Waals surface area (Å²) in [7, 11) is 1.49. The highest BCUT2D eigenvalue weighted by Crippen LogP contribution is 2.30. The van der Waals surface area contributed by atoms with Gasteiger partial charge in [0, 0.05) is 4.90 Å². The summed E-state index contributed by atoms with van der Waals surface area (Å²) < 4.78 is 16.3. The summed E-state index contributed by atoms with van der Waals surface area (Å²) in [5, 5.41) is 0. The zero-order valence-electron chi connectivity index (χ0n) is 14.3. The van der Waals surface area contributed by atoms with E-state index in [9.17, 15) is 9.59 Å². The van der Waals surface area contributed by atoms with Gasteiger partial charge in [-0.2, -0.15) is 0 Å². The molecular weight excluding hydrogens is 356 g/mol. The number of ether oxygens (including phenoxy) is 3. The molecule has 2 amide bonds. The normalized spacial score (nSPS) is 15.1. The average Bonchev–Trinajstić information content (AvgIpc) is 2.70. The van der Waals surface area contributed by atoms with Crippen molar-refractivity contribution in [3.63, 3.8) is 0 Å². The number of thioether (sulfide) groups is 1. The molecule has 2 N–H and O–H groups in total. The van der Waals surface area contributed by atoms with E-state index in [1.165, 1.54) is 18.9 Å². The number of methoxy groups -OCH3 is 1. The Morgan fingerprint density at radius 3 is 2.65 bits per heavy atom. The smallest absolute Gasteiger partial charge is 0.283 e. The van der Waals surface area contributed by atoms with Crippen molar-refractivity contribution < 1.29 is 23.8 Å². The summed E-state index contributed by atoms with van der Waals surface area (Å²) >= 11 is 1.54. The fourth-order valence-corrected chi connectivity index (χ4v) is 2.83. The predicted octanol–water partition coefficient (Wildman–Crippen LogP) is 2.02. The van der Waals surface area contributed by atoms with Crippen molar-refractivity contribution in [2.45, 2.75) is 11.0 Å². The summed E-state index contributed by atoms with van der Waals surface area (Å²) in [4.78, 5) is 25.5. The number of hydrogen-bond acceptors (Lipinski definition) is 6. The second-order valence-corrected chi connectivity index (χ2v) is 6.25. The van der Waals surface area contributed by atoms with Crippen LogP contribution in [0, 0.1) is 0 Å². The summed E-state index contributed by atoms with van der Waals surface area (Å²) in [6, 6.07) is 12.3. The molecule has 0 saturated heterocycles. The SMILES string of the molecule is COc1cc(SC)ccc1C(=O)NNC(=O)[C@@H]1COc2ccccc2O1. The standard InChI is InChI=1S/C18H18N2O5S/c1-23-15-9-11(26-2)7-8-12(15)17(21)19-20-18(22)16-10-24-13-5-3-4-6-14(13)25-16/h3-9,16H,10H2,1-2H3,(H,19,21)(H,20,22)/t16-/m0/s1. The molecule has 1 heterocycles. The van der Waals surface area contributed by atoms with Crippen LogP contribution < -0.4 is 25.1 Å². The largest absolute Gasteiger partial charge is 0.496 e. The second-order valence-electron chi connectivity index (χ2n) is 5.37. The maximum atomic E-state index is 12.3. The number of amides is 2. The van der Waals surface area contributed by atoms with E-state index >= 15 is 0 Å². The van der Waals surface area contributed by atoms with Gasteiger partial charge in [-0.3, -0.25) is 20.4 Å². The number of carbonyl (C=O) groups is 2. The summed E-state index contributed by atoms with van der Waals surface area (Å²) in [5.74, 6) is 0.501. The van der Waals surface area contributed by atoms with Gasteiger partial charge in [0.1, 0.15) is 12.4 Å². The molecule has 0 aliphatic carbocycles. The average molecular weight is 374 g/mol. The van der Waals surface area contributed by atoms with Crippen LogP contribution in [0.3, 0.4) is 0 Å². The number of rotatable bonds is 4. The highest BCUT2D eigenvalue weighted by atomic mass is 32.2. The molecular formula is C18H18N2O5S. The van der Waals surface area contributed by atoms with Crippen molar-refractivity contribution in [3.05, 3.63) is 48.0 Å². The Morgan fingerprint density at radius 2 is 1.92 bits per heavy atom. The summed E-state index contributed by atoms with van der Waals surface area (Å²) in [5.41, 5.74) is 5.04. The van der Waals surface area contributed by atoms with Crippen molar-refractivity contribution in [2.24, 2.45) is 0 Å². The van der Waals surface area contributed by atoms with Crippen LogP contribution in [0.2, 0.25) is 0 Å². The monoisotopic (exact) mass is 374 g/mol. The number of benzene rings is 2. The number of nitrogens with one attached hydrogen (secondary N) is 2. The van der Waals surface area contributed by atoms with Gasteiger partial charge in [0.15, 0.2) is 11.5 Å². The van der Waals surface area contributed by atoms with Gasteiger partial charge < -0.3 is 14.2 Å². The van der Waals surface area contributed by atoms with Crippen LogP contribution in [0.5, 0.6) is 17.2 Å². The third-order valence-corrected chi connectivity index (χ3v) is 4.48. The molecule has 7 nitrogen and oxygen atoms in total. The number of fused-ring (bicyclic) bond motifs is 1. The van der Waals surface area contributed by atoms with E-state index < -0.39 is 17.9 Å². The van der Waals surface area contributed by atoms with Gasteiger partial charge in [0.2, 0.25) is 6.10 Å². The second kappa shape index (κ2) is 8.01. The van der Waals surface area contributed by atoms with E-state index in [4.69, 9.17) is 14.2 Å². The minimum absolute atomic E-state index is 0.0600. The van der Waals surface area contributed by atoms with Crippen molar-refractivity contribution in [3.8, 4) is 17.2 Å². The van der Waals surface area contributed by atoms with Gasteiger partial charge in [-0.1, -0.05) is 12.1 Å². The third kappa shape index (κ3) is 3.85. The first-order valence-corrected chi connectivity index (χ1v) is 9.05. The molecule has 3 rings (SSSR count). The molecule has 136 valence electrons. The minimum atomic E-state index is -0.856. The molecule has 0 spiro atoms. The number of carbonyl (C=O) groups excluding carboxylic acids is 2. The van der Waals surface area contributed by atoms with Gasteiger partial charge >= 0.3 is 0 Å². The molecule has 8 heteroatoms. The van der Waals surface area contributed by atoms with Crippen molar-refractivity contribution in [1.82, 2.24) is 10.9 Å². The third-order valence-electron chi connectivity index (χ3n) is 3.75. The van der Waals surface area contributed by atoms with Crippen molar-refractivity contribution >= 4 is 23.6 Å². The van der Waals surface area contributed by atoms with E-state index in [2.05, 4.69) is 10.9 Å². The summed E-state index contributed by atoms with van der Waals surface area (Å²) in [6.07, 6.45) is 1.07. The van der Waals surface area contributed by atoms with Crippen LogP contribution in [-0.2, 0) is 4.79 Å². The highest BCUT2D eigenvalue weighted by Gasteiger charge is 2.27. The molecule has 1 aliphatic rings. The fourth-order valence-electron chi connectivity index (χ4n) is 2.40. The van der Waals surface area contributed by atoms with E-state index in [0.717, 1.165) is 4.90 Å². The zero-order chi connectivity index (χ0) is 18.5. The van der Waals surface area contributed by atoms with E-state index in [1.807, 2.05) is 12.3 Å². The number of para-hydroxylation sites is 2. The highest BCUT2D eigenvalue weighted by molar-refractivity contribution is 7.98. The van der Waals surface area contributed by atoms with E-state index in [1.54, 1.807) is 36.4 Å². The van der Waals surface area contributed by atoms with Gasteiger partial charge in [-0.05, 0) is 36.6 Å². The van der Waals surface area contributed by atoms with Gasteiger partial charge in [0.25, 0.3) is 11.8 Å². The van der Waals surface area contributed by atoms with Crippen LogP contribution in [0.1, 0.15) is 10.4 Å². The van der Waals surface area contributed by atoms with Crippen LogP contribution in [0.15, 0.2) is 47.4 Å². The first-order chi connectivity index (χ1) is 12.6. The molecule has 0 fully saturated rings. The minimum Gasteiger partial charge on any atom is -0.496 e. The first-order valence-electron chi connectivity index (χ1n) is 7.83. The van der Waals surface area contributed by atoms with Crippen LogP contribution in [0.4, 0.5) is 0 Å². The molecule has 1 atom stereocenters. The molecule has 2 aromatic rings. The lowest BCUT2D eigenvalue weighted by Gasteiger charge is -2.25. The Morgan fingerprint density at radius 1 is 1.15 bits per heavy atom. The molecule has 1 aliphatic heterocycles. The van der Waals surface area contributed by atoms with Crippen molar-refractivity contribution in [1.29, 1.82) is 0 Å². The zero-order valence-corrected chi connectivity index (χ0v) is 15.1. The topological polar surface area (TPSA) is 85.9 Å². The Balaban J connectivity index is 1.61. The van der Waals surface area contributed by atoms with Crippen LogP contribution in [-0.4, -0.2) is 37.9 Å². The lowest BCUT2D eigenvalue weighted by Crippen LogP contribution is -2.50. The Kier molecular flexibility index (Phi) is 5.52. The van der Waals surface area contributed by atoms with Gasteiger partial charge in [-0.25, -0.2) is 0 Å². The molecule has 0 radical (unpaired) electrons. The molecule has 0 saturated carbocycles. The van der Waals surface area contributed by atoms with Gasteiger partial charge in [-0.15, -0.1) is 11.8 Å². The molecule has 0 aromatic heterocycles. The predicted molar refractivity (Wildman–Crippen MR) is 96.7 cm³/mol. The first kappa shape index (κ1) is 17.9. The fraction of sp³-hybridized carbons (Fsp3) is 0.222. The Hall–Kier alpha value is -2.87. The van der Waals surface area contributed by atoms with Gasteiger partial charge in [0.05, 0.1) is 12.7 Å². The molecule has 2 aromatic carbocycles. The van der Waals surface area contributed by atoms with Crippen LogP contribution >= 0.6 is 11.8 Å². The van der Waals surface area contributed by atoms with Crippen LogP contribution in [0.25, 0.3) is 0 Å². The quantitative estimate of drug-likeness (QED) is 0.629.